The van der Waals surface area contributed by atoms with E-state index in [0.717, 1.165) is 31.6 Å². The first-order valence-corrected chi connectivity index (χ1v) is 10.5. The van der Waals surface area contributed by atoms with Gasteiger partial charge in [0.2, 0.25) is 11.8 Å². The van der Waals surface area contributed by atoms with Crippen LogP contribution in [-0.2, 0) is 16.1 Å². The van der Waals surface area contributed by atoms with E-state index in [9.17, 15) is 14.4 Å². The molecule has 0 saturated carbocycles. The molecular weight excluding hydrogens is 396 g/mol. The minimum Gasteiger partial charge on any atom is -0.408 e. The molecular formula is C23H26N4O4. The van der Waals surface area contributed by atoms with Crippen LogP contribution in [0.4, 0.5) is 5.69 Å². The Kier molecular flexibility index (Phi) is 6.47. The molecule has 1 aliphatic rings. The highest BCUT2D eigenvalue weighted by Gasteiger charge is 2.22. The van der Waals surface area contributed by atoms with Crippen LogP contribution < -0.4 is 16.4 Å². The molecule has 0 atom stereocenters. The number of benzene rings is 2. The Morgan fingerprint density at radius 2 is 1.68 bits per heavy atom. The van der Waals surface area contributed by atoms with Crippen molar-refractivity contribution in [3.05, 3.63) is 65.1 Å². The molecule has 1 saturated heterocycles. The van der Waals surface area contributed by atoms with Gasteiger partial charge >= 0.3 is 5.76 Å². The Labute approximate surface area is 179 Å². The van der Waals surface area contributed by atoms with Gasteiger partial charge in [0.1, 0.15) is 0 Å². The van der Waals surface area contributed by atoms with Gasteiger partial charge in [-0.25, -0.2) is 4.79 Å². The van der Waals surface area contributed by atoms with Crippen molar-refractivity contribution in [3.63, 3.8) is 0 Å². The molecule has 8 nitrogen and oxygen atoms in total. The largest absolute Gasteiger partial charge is 0.419 e. The van der Waals surface area contributed by atoms with Crippen molar-refractivity contribution >= 4 is 28.6 Å². The maximum Gasteiger partial charge on any atom is 0.419 e. The Bertz CT molecular complexity index is 1100. The van der Waals surface area contributed by atoms with Crippen LogP contribution in [-0.4, -0.2) is 47.0 Å². The standard InChI is InChI=1S/C23H26N4O4/c28-21(12-15-27-19-8-4-5-9-20(19)31-23(27)30)24-18-10-13-26(14-11-18)16-22(29)25-17-6-2-1-3-7-17/h1-9,18H,10-16H2,(H,24,28)(H,25,29). The van der Waals surface area contributed by atoms with E-state index in [1.807, 2.05) is 42.5 Å². The summed E-state index contributed by atoms with van der Waals surface area (Å²) in [5.74, 6) is -0.569. The molecule has 8 heteroatoms. The molecule has 1 aliphatic heterocycles. The predicted octanol–water partition coefficient (Wildman–Crippen LogP) is 2.20. The van der Waals surface area contributed by atoms with Crippen LogP contribution in [0.1, 0.15) is 19.3 Å². The molecule has 2 heterocycles. The van der Waals surface area contributed by atoms with Gasteiger partial charge in [-0.05, 0) is 37.1 Å². The molecule has 0 aliphatic carbocycles. The lowest BCUT2D eigenvalue weighted by atomic mass is 10.0. The SMILES string of the molecule is O=C(CN1CCC(NC(=O)CCn2c(=O)oc3ccccc32)CC1)Nc1ccccc1. The first-order chi connectivity index (χ1) is 15.1. The fraction of sp³-hybridized carbons (Fsp3) is 0.348. The van der Waals surface area contributed by atoms with E-state index in [0.29, 0.717) is 17.6 Å². The number of para-hydroxylation sites is 3. The third-order valence-corrected chi connectivity index (χ3v) is 5.51. The monoisotopic (exact) mass is 422 g/mol. The van der Waals surface area contributed by atoms with Crippen LogP contribution in [0.15, 0.2) is 63.8 Å². The molecule has 1 aromatic heterocycles. The number of rotatable bonds is 7. The van der Waals surface area contributed by atoms with Gasteiger partial charge in [-0.1, -0.05) is 30.3 Å². The van der Waals surface area contributed by atoms with E-state index in [1.54, 1.807) is 12.1 Å². The third-order valence-electron chi connectivity index (χ3n) is 5.51. The maximum absolute atomic E-state index is 12.4. The molecule has 31 heavy (non-hydrogen) atoms. The number of oxazole rings is 1. The fourth-order valence-corrected chi connectivity index (χ4v) is 3.90. The van der Waals surface area contributed by atoms with Gasteiger partial charge in [-0.2, -0.15) is 0 Å². The summed E-state index contributed by atoms with van der Waals surface area (Å²) in [6, 6.07) is 16.7. The molecule has 4 rings (SSSR count). The van der Waals surface area contributed by atoms with Crippen molar-refractivity contribution in [2.45, 2.75) is 31.8 Å². The number of likely N-dealkylation sites (tertiary alicyclic amines) is 1. The summed E-state index contributed by atoms with van der Waals surface area (Å²) in [6.45, 7) is 2.12. The van der Waals surface area contributed by atoms with Crippen molar-refractivity contribution in [2.24, 2.45) is 0 Å². The van der Waals surface area contributed by atoms with Crippen LogP contribution in [0.25, 0.3) is 11.1 Å². The molecule has 0 bridgehead atoms. The van der Waals surface area contributed by atoms with Crippen LogP contribution in [0.5, 0.6) is 0 Å². The summed E-state index contributed by atoms with van der Waals surface area (Å²) >= 11 is 0. The smallest absolute Gasteiger partial charge is 0.408 e. The minimum absolute atomic E-state index is 0.0357. The number of carbonyl (C=O) groups is 2. The zero-order valence-electron chi connectivity index (χ0n) is 17.3. The number of aryl methyl sites for hydroxylation is 1. The van der Waals surface area contributed by atoms with E-state index < -0.39 is 5.76 Å². The molecule has 1 fully saturated rings. The second-order valence-corrected chi connectivity index (χ2v) is 7.77. The highest BCUT2D eigenvalue weighted by molar-refractivity contribution is 5.92. The molecule has 0 radical (unpaired) electrons. The lowest BCUT2D eigenvalue weighted by Crippen LogP contribution is -2.46. The predicted molar refractivity (Wildman–Crippen MR) is 118 cm³/mol. The number of nitrogens with zero attached hydrogens (tertiary/aromatic N) is 2. The zero-order chi connectivity index (χ0) is 21.6. The van der Waals surface area contributed by atoms with E-state index in [4.69, 9.17) is 4.42 Å². The highest BCUT2D eigenvalue weighted by Crippen LogP contribution is 2.13. The van der Waals surface area contributed by atoms with Crippen LogP contribution in [0, 0.1) is 0 Å². The summed E-state index contributed by atoms with van der Waals surface area (Å²) in [4.78, 5) is 38.7. The van der Waals surface area contributed by atoms with Gasteiger partial charge in [0.15, 0.2) is 5.58 Å². The average Bonchev–Trinajstić information content (AvgIpc) is 3.09. The average molecular weight is 422 g/mol. The van der Waals surface area contributed by atoms with Gasteiger partial charge in [0.05, 0.1) is 12.1 Å². The van der Waals surface area contributed by atoms with Crippen molar-refractivity contribution in [3.8, 4) is 0 Å². The fourth-order valence-electron chi connectivity index (χ4n) is 3.90. The van der Waals surface area contributed by atoms with Gasteiger partial charge < -0.3 is 15.1 Å². The third kappa shape index (κ3) is 5.40. The molecule has 0 spiro atoms. The summed E-state index contributed by atoms with van der Waals surface area (Å²) in [5.41, 5.74) is 2.01. The number of piperidine rings is 1. The van der Waals surface area contributed by atoms with Crippen molar-refractivity contribution in [2.75, 3.05) is 25.0 Å². The summed E-state index contributed by atoms with van der Waals surface area (Å²) in [5, 5.41) is 5.94. The van der Waals surface area contributed by atoms with Crippen molar-refractivity contribution < 1.29 is 14.0 Å². The van der Waals surface area contributed by atoms with Gasteiger partial charge in [0.25, 0.3) is 0 Å². The number of fused-ring (bicyclic) bond motifs is 1. The Morgan fingerprint density at radius 3 is 2.45 bits per heavy atom. The second kappa shape index (κ2) is 9.61. The molecule has 2 N–H and O–H groups in total. The Hall–Kier alpha value is -3.39. The highest BCUT2D eigenvalue weighted by atomic mass is 16.4. The Balaban J connectivity index is 1.20. The number of aromatic nitrogens is 1. The van der Waals surface area contributed by atoms with E-state index >= 15 is 0 Å². The summed E-state index contributed by atoms with van der Waals surface area (Å²) < 4.78 is 6.69. The van der Waals surface area contributed by atoms with Crippen LogP contribution >= 0.6 is 0 Å². The molecule has 2 aromatic carbocycles. The first kappa shape index (κ1) is 20.9. The molecule has 3 aromatic rings. The normalized spacial score (nSPS) is 15.1. The lowest BCUT2D eigenvalue weighted by molar-refractivity contribution is -0.123. The minimum atomic E-state index is -0.448. The second-order valence-electron chi connectivity index (χ2n) is 7.77. The lowest BCUT2D eigenvalue weighted by Gasteiger charge is -2.31. The first-order valence-electron chi connectivity index (χ1n) is 10.5. The Morgan fingerprint density at radius 1 is 0.968 bits per heavy atom. The summed E-state index contributed by atoms with van der Waals surface area (Å²) in [7, 11) is 0. The molecule has 162 valence electrons. The molecule has 0 unspecified atom stereocenters. The number of amides is 2. The van der Waals surface area contributed by atoms with Crippen molar-refractivity contribution in [1.82, 2.24) is 14.8 Å². The number of hydrogen-bond acceptors (Lipinski definition) is 5. The zero-order valence-corrected chi connectivity index (χ0v) is 17.3. The number of anilines is 1. The van der Waals surface area contributed by atoms with Crippen LogP contribution in [0.3, 0.4) is 0 Å². The molecule has 2 amide bonds. The van der Waals surface area contributed by atoms with E-state index in [2.05, 4.69) is 15.5 Å². The quantitative estimate of drug-likeness (QED) is 0.609. The number of nitrogens with one attached hydrogen (secondary N) is 2. The maximum atomic E-state index is 12.4. The number of hydrogen-bond donors (Lipinski definition) is 2. The van der Waals surface area contributed by atoms with E-state index in [-0.39, 0.29) is 30.8 Å². The topological polar surface area (TPSA) is 96.6 Å². The van der Waals surface area contributed by atoms with Gasteiger partial charge in [-0.15, -0.1) is 0 Å². The van der Waals surface area contributed by atoms with E-state index in [1.165, 1.54) is 4.57 Å². The van der Waals surface area contributed by atoms with Crippen molar-refractivity contribution in [1.29, 1.82) is 0 Å². The van der Waals surface area contributed by atoms with Crippen LogP contribution in [0.2, 0.25) is 0 Å². The van der Waals surface area contributed by atoms with Gasteiger partial charge in [0, 0.05) is 37.8 Å². The summed E-state index contributed by atoms with van der Waals surface area (Å²) in [6.07, 6.45) is 1.79. The van der Waals surface area contributed by atoms with Gasteiger partial charge in [-0.3, -0.25) is 19.1 Å². The number of carbonyl (C=O) groups excluding carboxylic acids is 2.